The minimum absolute atomic E-state index is 0.744. The van der Waals surface area contributed by atoms with Gasteiger partial charge in [-0.15, -0.1) is 0 Å². The Hall–Kier alpha value is -0.0000000000000000971. The molecule has 0 fully saturated rings. The average Bonchev–Trinajstić information content (AvgIpc) is 2.16. The predicted molar refractivity (Wildman–Crippen MR) is 62.5 cm³/mol. The van der Waals surface area contributed by atoms with E-state index >= 15 is 0 Å². The molecular weight excluding hydrogens is 361 g/mol. The third-order valence-electron chi connectivity index (χ3n) is 1.67. The van der Waals surface area contributed by atoms with Gasteiger partial charge in [0.25, 0.3) is 0 Å². The summed E-state index contributed by atoms with van der Waals surface area (Å²) in [5.41, 5.74) is 0. The molecule has 0 aromatic carbocycles. The quantitative estimate of drug-likeness (QED) is 0.257. The minimum atomic E-state index is -5.28. The fraction of sp³-hybridized carbons (Fsp3) is 0.800. The zero-order chi connectivity index (χ0) is 17.1. The van der Waals surface area contributed by atoms with Crippen molar-refractivity contribution in [2.45, 2.75) is 19.1 Å². The molecule has 0 saturated carbocycles. The van der Waals surface area contributed by atoms with Crippen LogP contribution in [0.4, 0.5) is 0 Å². The Labute approximate surface area is 117 Å². The Morgan fingerprint density at radius 3 is 1.62 bits per heavy atom. The molecule has 6 N–H and O–H groups in total. The second-order valence-electron chi connectivity index (χ2n) is 3.55. The molecule has 126 valence electrons. The molecule has 0 radical (unpaired) electrons. The van der Waals surface area contributed by atoms with Crippen LogP contribution in [0.25, 0.3) is 0 Å². The summed E-state index contributed by atoms with van der Waals surface area (Å²) in [6.45, 7) is -0.534. The fourth-order valence-corrected chi connectivity index (χ4v) is 2.52. The number of phosphoric ester groups is 3. The van der Waals surface area contributed by atoms with E-state index in [9.17, 15) is 18.5 Å². The van der Waals surface area contributed by atoms with Crippen LogP contribution in [0.2, 0.25) is 0 Å². The van der Waals surface area contributed by atoms with Gasteiger partial charge in [0, 0.05) is 0 Å². The van der Waals surface area contributed by atoms with Crippen LogP contribution in [0.1, 0.15) is 6.92 Å². The van der Waals surface area contributed by atoms with Gasteiger partial charge in [-0.25, -0.2) is 13.7 Å². The van der Waals surface area contributed by atoms with Crippen LogP contribution in [0.3, 0.4) is 0 Å². The lowest BCUT2D eigenvalue weighted by atomic mass is 10.1. The van der Waals surface area contributed by atoms with Gasteiger partial charge >= 0.3 is 23.5 Å². The van der Waals surface area contributed by atoms with Gasteiger partial charge in [0.15, 0.2) is 11.9 Å². The molecule has 0 aliphatic carbocycles. The number of hydrogen-bond donors (Lipinski definition) is 6. The van der Waals surface area contributed by atoms with Crippen molar-refractivity contribution in [3.63, 3.8) is 0 Å². The molecule has 0 unspecified atom stereocenters. The van der Waals surface area contributed by atoms with E-state index in [2.05, 4.69) is 13.6 Å². The van der Waals surface area contributed by atoms with E-state index in [0.29, 0.717) is 0 Å². The molecule has 2 atom stereocenters. The van der Waals surface area contributed by atoms with E-state index in [4.69, 9.17) is 29.4 Å². The Balaban J connectivity index is 5.29. The van der Waals surface area contributed by atoms with Crippen molar-refractivity contribution in [1.29, 1.82) is 0 Å². The van der Waals surface area contributed by atoms with Crippen molar-refractivity contribution in [2.75, 3.05) is 6.61 Å². The highest BCUT2D eigenvalue weighted by atomic mass is 31.2. The minimum Gasteiger partial charge on any atom is -0.303 e. The van der Waals surface area contributed by atoms with Crippen LogP contribution in [-0.4, -0.2) is 54.0 Å². The molecule has 16 heteroatoms. The van der Waals surface area contributed by atoms with E-state index < -0.39 is 48.1 Å². The Morgan fingerprint density at radius 2 is 1.33 bits per heavy atom. The maximum Gasteiger partial charge on any atom is 0.470 e. The zero-order valence-electron chi connectivity index (χ0n) is 10.2. The first-order chi connectivity index (χ1) is 9.11. The van der Waals surface area contributed by atoms with E-state index in [0.717, 1.165) is 6.92 Å². The fourth-order valence-electron chi connectivity index (χ4n) is 1.07. The second kappa shape index (κ2) is 7.51. The molecule has 0 aliphatic heterocycles. The molecule has 0 aromatic heterocycles. The maximum absolute atomic E-state index is 11.2. The lowest BCUT2D eigenvalue weighted by Gasteiger charge is -2.25. The van der Waals surface area contributed by atoms with E-state index in [1.165, 1.54) is 0 Å². The normalized spacial score (nSPS) is 16.5. The van der Waals surface area contributed by atoms with Gasteiger partial charge in [0.1, 0.15) is 6.10 Å². The number of ketones is 1. The lowest BCUT2D eigenvalue weighted by Crippen LogP contribution is -2.39. The van der Waals surface area contributed by atoms with E-state index in [-0.39, 0.29) is 0 Å². The van der Waals surface area contributed by atoms with Crippen LogP contribution < -0.4 is 0 Å². The molecule has 0 saturated heterocycles. The second-order valence-corrected chi connectivity index (χ2v) is 7.17. The highest BCUT2D eigenvalue weighted by Crippen LogP contribution is 2.44. The van der Waals surface area contributed by atoms with Gasteiger partial charge in [0.05, 0.1) is 6.61 Å². The van der Waals surface area contributed by atoms with Crippen LogP contribution in [0.15, 0.2) is 0 Å². The molecule has 0 amide bonds. The third-order valence-corrected chi connectivity index (χ3v) is 3.20. The lowest BCUT2D eigenvalue weighted by molar-refractivity contribution is -0.130. The highest BCUT2D eigenvalue weighted by Gasteiger charge is 2.39. The van der Waals surface area contributed by atoms with Crippen molar-refractivity contribution in [1.82, 2.24) is 0 Å². The van der Waals surface area contributed by atoms with Crippen molar-refractivity contribution in [3.05, 3.63) is 0 Å². The molecule has 0 rings (SSSR count). The first-order valence-electron chi connectivity index (χ1n) is 4.79. The molecule has 0 aliphatic rings. The number of carbonyl (C=O) groups is 1. The Bertz CT molecular complexity index is 496. The molecule has 0 heterocycles. The van der Waals surface area contributed by atoms with Gasteiger partial charge in [0.2, 0.25) is 0 Å². The molecule has 0 aromatic rings. The zero-order valence-corrected chi connectivity index (χ0v) is 12.9. The molecular formula is C5H13O13P3. The largest absolute Gasteiger partial charge is 0.470 e. The van der Waals surface area contributed by atoms with Gasteiger partial charge in [-0.1, -0.05) is 0 Å². The topological polar surface area (TPSA) is 217 Å². The number of carbonyl (C=O) groups excluding carboxylic acids is 1. The summed E-state index contributed by atoms with van der Waals surface area (Å²) in [5, 5.41) is 0. The smallest absolute Gasteiger partial charge is 0.303 e. The average molecular weight is 374 g/mol. The monoisotopic (exact) mass is 374 g/mol. The number of hydrogen-bond acceptors (Lipinski definition) is 7. The van der Waals surface area contributed by atoms with E-state index in [1.807, 2.05) is 0 Å². The summed E-state index contributed by atoms with van der Waals surface area (Å²) >= 11 is 0. The van der Waals surface area contributed by atoms with Gasteiger partial charge in [-0.2, -0.15) is 0 Å². The van der Waals surface area contributed by atoms with E-state index in [1.54, 1.807) is 0 Å². The first-order valence-corrected chi connectivity index (χ1v) is 9.38. The summed E-state index contributed by atoms with van der Waals surface area (Å²) in [6, 6.07) is 0. The Kier molecular flexibility index (Phi) is 7.51. The van der Waals surface area contributed by atoms with Gasteiger partial charge in [-0.05, 0) is 6.92 Å². The van der Waals surface area contributed by atoms with Gasteiger partial charge < -0.3 is 29.4 Å². The predicted octanol–water partition coefficient (Wildman–Crippen LogP) is -1.36. The molecule has 21 heavy (non-hydrogen) atoms. The third kappa shape index (κ3) is 11.2. The molecule has 13 nitrogen and oxygen atoms in total. The van der Waals surface area contributed by atoms with Crippen molar-refractivity contribution >= 4 is 29.3 Å². The highest BCUT2D eigenvalue weighted by molar-refractivity contribution is 7.47. The Morgan fingerprint density at radius 1 is 0.905 bits per heavy atom. The number of rotatable bonds is 9. The van der Waals surface area contributed by atoms with Crippen LogP contribution in [0.5, 0.6) is 0 Å². The summed E-state index contributed by atoms with van der Waals surface area (Å²) < 4.78 is 43.8. The number of Topliss-reactive ketones (excluding diaryl/α,β-unsaturated/α-hetero) is 1. The SMILES string of the molecule is CC(=O)[C@@H](OP(=O)(O)O)[C@@H](COP(=O)(O)O)OP(=O)(O)O. The maximum atomic E-state index is 11.2. The van der Waals surface area contributed by atoms with Crippen LogP contribution in [0, 0.1) is 0 Å². The first kappa shape index (κ1) is 21.0. The van der Waals surface area contributed by atoms with Gasteiger partial charge in [-0.3, -0.25) is 18.4 Å². The standard InChI is InChI=1S/C5H13O13P3/c1-3(6)5(18-21(13,14)15)4(17-20(10,11)12)2-16-19(7,8)9/h4-5H,2H2,1H3,(H2,7,8,9)(H2,10,11,12)(H2,13,14,15)/t4-,5-/m1/s1. The number of phosphoric acid groups is 3. The van der Waals surface area contributed by atoms with Crippen molar-refractivity contribution < 1.29 is 61.4 Å². The summed E-state index contributed by atoms with van der Waals surface area (Å²) in [6.07, 6.45) is -4.41. The summed E-state index contributed by atoms with van der Waals surface area (Å²) in [7, 11) is -15.6. The summed E-state index contributed by atoms with van der Waals surface area (Å²) in [4.78, 5) is 62.6. The molecule has 0 bridgehead atoms. The molecule has 0 spiro atoms. The summed E-state index contributed by atoms with van der Waals surface area (Å²) in [5.74, 6) is -1.13. The van der Waals surface area contributed by atoms with Crippen molar-refractivity contribution in [2.24, 2.45) is 0 Å². The van der Waals surface area contributed by atoms with Crippen molar-refractivity contribution in [3.8, 4) is 0 Å². The van der Waals surface area contributed by atoms with Crippen LogP contribution >= 0.6 is 23.5 Å². The van der Waals surface area contributed by atoms with Crippen LogP contribution in [-0.2, 0) is 32.1 Å².